The molecule has 0 unspecified atom stereocenters. The highest BCUT2D eigenvalue weighted by molar-refractivity contribution is 7.71. The number of aromatic nitrogens is 2. The summed E-state index contributed by atoms with van der Waals surface area (Å²) < 4.78 is 42.2. The Morgan fingerprint density at radius 1 is 1.00 bits per heavy atom. The zero-order valence-corrected chi connectivity index (χ0v) is 18.8. The molecule has 9 heteroatoms. The summed E-state index contributed by atoms with van der Waals surface area (Å²) in [6.45, 7) is -0.0863. The topological polar surface area (TPSA) is 78.3 Å². The molecule has 4 rings (SSSR count). The Bertz CT molecular complexity index is 1410. The molecule has 33 heavy (non-hydrogen) atoms. The van der Waals surface area contributed by atoms with Gasteiger partial charge in [0.25, 0.3) is 5.56 Å². The van der Waals surface area contributed by atoms with Crippen molar-refractivity contribution in [1.29, 1.82) is 0 Å². The Balaban J connectivity index is 1.77. The summed E-state index contributed by atoms with van der Waals surface area (Å²) in [7, 11) is -2.54. The molecule has 4 aromatic rings. The molecule has 0 aliphatic rings. The van der Waals surface area contributed by atoms with Crippen LogP contribution in [-0.4, -0.2) is 18.2 Å². The van der Waals surface area contributed by atoms with Gasteiger partial charge in [-0.1, -0.05) is 41.9 Å². The van der Waals surface area contributed by atoms with Crippen LogP contribution in [0.15, 0.2) is 83.8 Å². The molecule has 0 spiro atoms. The van der Waals surface area contributed by atoms with Crippen LogP contribution in [0, 0.1) is 5.82 Å². The number of benzene rings is 3. The van der Waals surface area contributed by atoms with Gasteiger partial charge in [0.1, 0.15) is 28.9 Å². The predicted molar refractivity (Wildman–Crippen MR) is 125 cm³/mol. The van der Waals surface area contributed by atoms with Crippen LogP contribution < -0.4 is 10.3 Å². The summed E-state index contributed by atoms with van der Waals surface area (Å²) in [4.78, 5) is 13.4. The summed E-state index contributed by atoms with van der Waals surface area (Å²) in [6.07, 6.45) is 1.55. The van der Waals surface area contributed by atoms with Gasteiger partial charge in [0.2, 0.25) is 0 Å². The van der Waals surface area contributed by atoms with Crippen molar-refractivity contribution in [2.24, 2.45) is 0 Å². The van der Waals surface area contributed by atoms with Gasteiger partial charge in [0, 0.05) is 10.6 Å². The van der Waals surface area contributed by atoms with Gasteiger partial charge in [0.15, 0.2) is 0 Å². The van der Waals surface area contributed by atoms with Crippen LogP contribution in [0.5, 0.6) is 5.75 Å². The highest BCUT2D eigenvalue weighted by atomic mass is 35.5. The van der Waals surface area contributed by atoms with E-state index in [4.69, 9.17) is 16.3 Å². The van der Waals surface area contributed by atoms with Gasteiger partial charge >= 0.3 is 0 Å². The Morgan fingerprint density at radius 3 is 2.39 bits per heavy atom. The maximum Gasteiger partial charge on any atom is 0.278 e. The molecule has 0 bridgehead atoms. The van der Waals surface area contributed by atoms with Crippen LogP contribution in [0.3, 0.4) is 0 Å². The van der Waals surface area contributed by atoms with E-state index in [-0.39, 0.29) is 12.4 Å². The van der Waals surface area contributed by atoms with E-state index in [1.54, 1.807) is 54.7 Å². The van der Waals surface area contributed by atoms with Crippen molar-refractivity contribution < 1.29 is 17.5 Å². The van der Waals surface area contributed by atoms with E-state index in [1.807, 2.05) is 0 Å². The van der Waals surface area contributed by atoms with Crippen molar-refractivity contribution in [2.45, 2.75) is 12.4 Å². The Hall–Kier alpha value is -3.49. The fourth-order valence-corrected chi connectivity index (χ4v) is 3.99. The second-order valence-corrected chi connectivity index (χ2v) is 8.58. The highest BCUT2D eigenvalue weighted by Gasteiger charge is 2.16. The highest BCUT2D eigenvalue weighted by Crippen LogP contribution is 2.24. The quantitative estimate of drug-likeness (QED) is 0.394. The molecular formula is C24H18ClFN2O4S. The van der Waals surface area contributed by atoms with Gasteiger partial charge in [-0.25, -0.2) is 12.8 Å². The van der Waals surface area contributed by atoms with Crippen molar-refractivity contribution in [2.75, 3.05) is 0 Å². The second-order valence-electron chi connectivity index (χ2n) is 7.16. The molecule has 0 atom stereocenters. The molecule has 168 valence electrons. The summed E-state index contributed by atoms with van der Waals surface area (Å²) >= 11 is 6.08. The summed E-state index contributed by atoms with van der Waals surface area (Å²) in [5.41, 5.74) is 2.29. The number of hydrogen-bond acceptors (Lipinski definition) is 5. The van der Waals surface area contributed by atoms with Crippen LogP contribution in [0.2, 0.25) is 5.02 Å². The SMILES string of the molecule is O=c1c(COc2ccc(F)cc2)c(-c2ccc(C[SH](=O)=O)cc2)cnn1-c1cccc(Cl)c1. The third-order valence-electron chi connectivity index (χ3n) is 4.90. The molecule has 1 aromatic heterocycles. The molecule has 6 nitrogen and oxygen atoms in total. The van der Waals surface area contributed by atoms with E-state index < -0.39 is 22.1 Å². The van der Waals surface area contributed by atoms with E-state index in [0.717, 1.165) is 0 Å². The van der Waals surface area contributed by atoms with Crippen LogP contribution in [-0.2, 0) is 23.1 Å². The molecular weight excluding hydrogens is 467 g/mol. The first-order valence-electron chi connectivity index (χ1n) is 9.87. The number of ether oxygens (including phenoxy) is 1. The Kier molecular flexibility index (Phi) is 6.86. The molecule has 0 aliphatic heterocycles. The van der Waals surface area contributed by atoms with Gasteiger partial charge < -0.3 is 4.74 Å². The van der Waals surface area contributed by atoms with Crippen LogP contribution in [0.25, 0.3) is 16.8 Å². The largest absolute Gasteiger partial charge is 0.489 e. The van der Waals surface area contributed by atoms with Gasteiger partial charge in [-0.15, -0.1) is 0 Å². The molecule has 0 radical (unpaired) electrons. The summed E-state index contributed by atoms with van der Waals surface area (Å²) in [5.74, 6) is -0.0530. The minimum absolute atomic E-state index is 0.0647. The number of halogens is 2. The fraction of sp³-hybridized carbons (Fsp3) is 0.0833. The van der Waals surface area contributed by atoms with Crippen molar-refractivity contribution in [3.63, 3.8) is 0 Å². The fourth-order valence-electron chi connectivity index (χ4n) is 3.29. The van der Waals surface area contributed by atoms with Crippen molar-refractivity contribution in [3.05, 3.63) is 111 Å². The lowest BCUT2D eigenvalue weighted by molar-refractivity contribution is 0.303. The molecule has 0 saturated heterocycles. The first-order chi connectivity index (χ1) is 15.9. The number of thiol groups is 1. The average Bonchev–Trinajstić information content (AvgIpc) is 2.79. The Labute approximate surface area is 195 Å². The molecule has 0 aliphatic carbocycles. The molecule has 0 N–H and O–H groups in total. The average molecular weight is 485 g/mol. The summed E-state index contributed by atoms with van der Waals surface area (Å²) in [5, 5.41) is 4.77. The monoisotopic (exact) mass is 484 g/mol. The maximum absolute atomic E-state index is 13.4. The minimum atomic E-state index is -2.54. The van der Waals surface area contributed by atoms with Gasteiger partial charge in [-0.05, 0) is 53.6 Å². The van der Waals surface area contributed by atoms with E-state index in [1.165, 1.54) is 28.9 Å². The van der Waals surface area contributed by atoms with Crippen molar-refractivity contribution in [3.8, 4) is 22.6 Å². The standard InChI is InChI=1S/C24H18ClFN2O4S/c25-18-2-1-3-20(12-18)28-24(29)23(14-32-21-10-8-19(26)9-11-21)22(13-27-28)17-6-4-16(5-7-17)15-33(30)31/h1-13,33H,14-15H2. The molecule has 3 aromatic carbocycles. The maximum atomic E-state index is 13.4. The van der Waals surface area contributed by atoms with Gasteiger partial charge in [-0.2, -0.15) is 9.78 Å². The zero-order chi connectivity index (χ0) is 23.4. The Morgan fingerprint density at radius 2 is 1.73 bits per heavy atom. The first-order valence-corrected chi connectivity index (χ1v) is 11.6. The van der Waals surface area contributed by atoms with E-state index in [0.29, 0.717) is 38.7 Å². The van der Waals surface area contributed by atoms with E-state index in [2.05, 4.69) is 5.10 Å². The second kappa shape index (κ2) is 9.97. The van der Waals surface area contributed by atoms with Gasteiger partial charge in [-0.3, -0.25) is 4.79 Å². The van der Waals surface area contributed by atoms with Crippen LogP contribution in [0.1, 0.15) is 11.1 Å². The molecule has 1 heterocycles. The van der Waals surface area contributed by atoms with Crippen LogP contribution in [0.4, 0.5) is 4.39 Å². The van der Waals surface area contributed by atoms with Crippen molar-refractivity contribution >= 4 is 22.3 Å². The number of nitrogens with zero attached hydrogens (tertiary/aromatic N) is 2. The third-order valence-corrected chi connectivity index (χ3v) is 5.76. The number of rotatable bonds is 7. The smallest absolute Gasteiger partial charge is 0.278 e. The predicted octanol–water partition coefficient (Wildman–Crippen LogP) is 4.38. The molecule has 0 saturated carbocycles. The molecule has 0 fully saturated rings. The van der Waals surface area contributed by atoms with E-state index >= 15 is 0 Å². The van der Waals surface area contributed by atoms with Crippen LogP contribution >= 0.6 is 11.6 Å². The van der Waals surface area contributed by atoms with E-state index in [9.17, 15) is 17.6 Å². The lowest BCUT2D eigenvalue weighted by Crippen LogP contribution is -2.26. The summed E-state index contributed by atoms with van der Waals surface area (Å²) in [6, 6.07) is 19.1. The molecule has 0 amide bonds. The zero-order valence-electron chi connectivity index (χ0n) is 17.2. The van der Waals surface area contributed by atoms with Crippen molar-refractivity contribution in [1.82, 2.24) is 9.78 Å². The minimum Gasteiger partial charge on any atom is -0.489 e. The normalized spacial score (nSPS) is 11.0. The number of hydrogen-bond donors (Lipinski definition) is 1. The lowest BCUT2D eigenvalue weighted by atomic mass is 10.0. The van der Waals surface area contributed by atoms with Gasteiger partial charge in [0.05, 0.1) is 23.2 Å². The lowest BCUT2D eigenvalue weighted by Gasteiger charge is -2.14. The third kappa shape index (κ3) is 5.47. The first kappa shape index (κ1) is 22.7.